The van der Waals surface area contributed by atoms with E-state index >= 15 is 0 Å². The van der Waals surface area contributed by atoms with Gasteiger partial charge in [-0.05, 0) is 34.5 Å². The van der Waals surface area contributed by atoms with Crippen molar-refractivity contribution in [3.05, 3.63) is 40.6 Å². The Balaban J connectivity index is 2.11. The summed E-state index contributed by atoms with van der Waals surface area (Å²) >= 11 is 1.73. The quantitative estimate of drug-likeness (QED) is 0.880. The molecule has 0 aliphatic carbocycles. The lowest BCUT2D eigenvalue weighted by Gasteiger charge is -2.18. The molecule has 0 bridgehead atoms. The molecular weight excluding hydrogens is 218 g/mol. The van der Waals surface area contributed by atoms with Crippen molar-refractivity contribution in [1.82, 2.24) is 4.98 Å². The Labute approximate surface area is 99.8 Å². The van der Waals surface area contributed by atoms with Gasteiger partial charge in [0.1, 0.15) is 11.6 Å². The molecule has 1 N–H and O–H groups in total. The van der Waals surface area contributed by atoms with Crippen LogP contribution in [0.3, 0.4) is 0 Å². The van der Waals surface area contributed by atoms with Gasteiger partial charge in [0.15, 0.2) is 0 Å². The number of thiophene rings is 1. The highest BCUT2D eigenvalue weighted by Gasteiger charge is 2.04. The molecule has 84 valence electrons. The number of hydrogen-bond acceptors (Lipinski definition) is 4. The van der Waals surface area contributed by atoms with Gasteiger partial charge in [0.05, 0.1) is 0 Å². The monoisotopic (exact) mass is 233 g/mol. The number of nitrogens with one attached hydrogen (secondary N) is 1. The summed E-state index contributed by atoms with van der Waals surface area (Å²) in [5.74, 6) is 1.88. The molecule has 0 atom stereocenters. The third-order valence-electron chi connectivity index (χ3n) is 2.38. The van der Waals surface area contributed by atoms with Gasteiger partial charge in [-0.2, -0.15) is 11.3 Å². The van der Waals surface area contributed by atoms with Gasteiger partial charge in [-0.25, -0.2) is 4.98 Å². The molecule has 0 amide bonds. The van der Waals surface area contributed by atoms with Crippen molar-refractivity contribution in [2.75, 3.05) is 24.3 Å². The van der Waals surface area contributed by atoms with Gasteiger partial charge >= 0.3 is 0 Å². The van der Waals surface area contributed by atoms with E-state index in [9.17, 15) is 0 Å². The summed E-state index contributed by atoms with van der Waals surface area (Å²) in [5.41, 5.74) is 1.32. The first-order valence-corrected chi connectivity index (χ1v) is 6.11. The largest absolute Gasteiger partial charge is 0.373 e. The second-order valence-corrected chi connectivity index (χ2v) is 4.40. The summed E-state index contributed by atoms with van der Waals surface area (Å²) in [6, 6.07) is 8.14. The zero-order valence-corrected chi connectivity index (χ0v) is 10.3. The molecular formula is C12H15N3S. The van der Waals surface area contributed by atoms with Crippen LogP contribution in [-0.4, -0.2) is 19.1 Å². The van der Waals surface area contributed by atoms with Gasteiger partial charge in [-0.3, -0.25) is 0 Å². The fourth-order valence-electron chi connectivity index (χ4n) is 1.51. The number of pyridine rings is 1. The summed E-state index contributed by atoms with van der Waals surface area (Å²) in [5, 5.41) is 7.31. The Hall–Kier alpha value is -1.55. The maximum Gasteiger partial charge on any atom is 0.130 e. The van der Waals surface area contributed by atoms with Crippen LogP contribution in [0.4, 0.5) is 11.6 Å². The maximum atomic E-state index is 4.49. The lowest BCUT2D eigenvalue weighted by Crippen LogP contribution is -2.17. The van der Waals surface area contributed by atoms with Crippen molar-refractivity contribution in [3.63, 3.8) is 0 Å². The molecule has 0 aliphatic heterocycles. The van der Waals surface area contributed by atoms with Gasteiger partial charge in [-0.1, -0.05) is 6.07 Å². The minimum Gasteiger partial charge on any atom is -0.373 e. The van der Waals surface area contributed by atoms with E-state index in [1.54, 1.807) is 11.3 Å². The van der Waals surface area contributed by atoms with Crippen LogP contribution in [0.5, 0.6) is 0 Å². The van der Waals surface area contributed by atoms with Crippen LogP contribution in [0.15, 0.2) is 35.0 Å². The first-order chi connectivity index (χ1) is 7.79. The van der Waals surface area contributed by atoms with E-state index in [1.165, 1.54) is 5.56 Å². The minimum absolute atomic E-state index is 0.893. The molecule has 0 aliphatic rings. The van der Waals surface area contributed by atoms with Gasteiger partial charge in [-0.15, -0.1) is 0 Å². The Morgan fingerprint density at radius 1 is 1.38 bits per heavy atom. The number of nitrogens with zero attached hydrogens (tertiary/aromatic N) is 2. The molecule has 0 fully saturated rings. The molecule has 2 aromatic heterocycles. The van der Waals surface area contributed by atoms with Crippen molar-refractivity contribution in [2.24, 2.45) is 0 Å². The van der Waals surface area contributed by atoms with E-state index in [0.717, 1.165) is 18.2 Å². The Kier molecular flexibility index (Phi) is 3.41. The van der Waals surface area contributed by atoms with Crippen molar-refractivity contribution >= 4 is 23.0 Å². The highest BCUT2D eigenvalue weighted by Crippen LogP contribution is 2.16. The number of hydrogen-bond donors (Lipinski definition) is 1. The van der Waals surface area contributed by atoms with Gasteiger partial charge in [0.25, 0.3) is 0 Å². The number of rotatable bonds is 4. The molecule has 2 aromatic rings. The molecule has 4 heteroatoms. The minimum atomic E-state index is 0.893. The second-order valence-electron chi connectivity index (χ2n) is 3.62. The van der Waals surface area contributed by atoms with Crippen molar-refractivity contribution in [3.8, 4) is 0 Å². The van der Waals surface area contributed by atoms with E-state index in [4.69, 9.17) is 0 Å². The van der Waals surface area contributed by atoms with Crippen LogP contribution < -0.4 is 10.2 Å². The third-order valence-corrected chi connectivity index (χ3v) is 3.11. The number of aromatic nitrogens is 1. The lowest BCUT2D eigenvalue weighted by molar-refractivity contribution is 0.902. The Morgan fingerprint density at radius 2 is 2.25 bits per heavy atom. The SMILES string of the molecule is CNc1cccc(N(C)Cc2ccsc2)n1. The predicted octanol–water partition coefficient (Wildman–Crippen LogP) is 2.82. The molecule has 0 unspecified atom stereocenters. The summed E-state index contributed by atoms with van der Waals surface area (Å²) in [6.45, 7) is 0.893. The first-order valence-electron chi connectivity index (χ1n) is 5.16. The van der Waals surface area contributed by atoms with Crippen LogP contribution >= 0.6 is 11.3 Å². The van der Waals surface area contributed by atoms with Crippen LogP contribution in [0.2, 0.25) is 0 Å². The van der Waals surface area contributed by atoms with Crippen LogP contribution in [0.1, 0.15) is 5.56 Å². The molecule has 0 spiro atoms. The predicted molar refractivity (Wildman–Crippen MR) is 70.2 cm³/mol. The third kappa shape index (κ3) is 2.52. The van der Waals surface area contributed by atoms with Crippen molar-refractivity contribution in [2.45, 2.75) is 6.54 Å². The molecule has 0 aromatic carbocycles. The molecule has 0 saturated heterocycles. The topological polar surface area (TPSA) is 28.2 Å². The fourth-order valence-corrected chi connectivity index (χ4v) is 2.17. The zero-order chi connectivity index (χ0) is 11.4. The highest BCUT2D eigenvalue weighted by atomic mass is 32.1. The summed E-state index contributed by atoms with van der Waals surface area (Å²) in [4.78, 5) is 6.63. The van der Waals surface area contributed by atoms with Crippen LogP contribution in [0, 0.1) is 0 Å². The normalized spacial score (nSPS) is 10.1. The molecule has 0 saturated carbocycles. The molecule has 2 heterocycles. The smallest absolute Gasteiger partial charge is 0.130 e. The average Bonchev–Trinajstić information content (AvgIpc) is 2.82. The van der Waals surface area contributed by atoms with E-state index in [1.807, 2.05) is 25.2 Å². The molecule has 2 rings (SSSR count). The second kappa shape index (κ2) is 4.99. The summed E-state index contributed by atoms with van der Waals surface area (Å²) in [6.07, 6.45) is 0. The average molecular weight is 233 g/mol. The van der Waals surface area contributed by atoms with E-state index in [2.05, 4.69) is 39.1 Å². The highest BCUT2D eigenvalue weighted by molar-refractivity contribution is 7.07. The number of anilines is 2. The van der Waals surface area contributed by atoms with Gasteiger partial charge in [0.2, 0.25) is 0 Å². The first kappa shape index (κ1) is 11.0. The van der Waals surface area contributed by atoms with E-state index < -0.39 is 0 Å². The standard InChI is InChI=1S/C12H15N3S/c1-13-11-4-3-5-12(14-11)15(2)8-10-6-7-16-9-10/h3-7,9H,8H2,1-2H3,(H,13,14). The lowest BCUT2D eigenvalue weighted by atomic mass is 10.3. The fraction of sp³-hybridized carbons (Fsp3) is 0.250. The molecule has 16 heavy (non-hydrogen) atoms. The summed E-state index contributed by atoms with van der Waals surface area (Å²) < 4.78 is 0. The van der Waals surface area contributed by atoms with Crippen LogP contribution in [-0.2, 0) is 6.54 Å². The zero-order valence-electron chi connectivity index (χ0n) is 9.47. The Bertz CT molecular complexity index is 439. The van der Waals surface area contributed by atoms with E-state index in [-0.39, 0.29) is 0 Å². The molecule has 3 nitrogen and oxygen atoms in total. The van der Waals surface area contributed by atoms with Crippen LogP contribution in [0.25, 0.3) is 0 Å². The van der Waals surface area contributed by atoms with E-state index in [0.29, 0.717) is 0 Å². The summed E-state index contributed by atoms with van der Waals surface area (Å²) in [7, 11) is 3.93. The Morgan fingerprint density at radius 3 is 2.94 bits per heavy atom. The maximum absolute atomic E-state index is 4.49. The molecule has 0 radical (unpaired) electrons. The van der Waals surface area contributed by atoms with Crippen molar-refractivity contribution in [1.29, 1.82) is 0 Å². The van der Waals surface area contributed by atoms with Gasteiger partial charge in [0, 0.05) is 20.6 Å². The van der Waals surface area contributed by atoms with Gasteiger partial charge < -0.3 is 10.2 Å². The van der Waals surface area contributed by atoms with Crippen molar-refractivity contribution < 1.29 is 0 Å².